The van der Waals surface area contributed by atoms with Crippen molar-refractivity contribution < 1.29 is 0 Å². The van der Waals surface area contributed by atoms with Crippen LogP contribution in [0.5, 0.6) is 0 Å². The van der Waals surface area contributed by atoms with Gasteiger partial charge in [0.2, 0.25) is 0 Å². The Kier molecular flexibility index (Phi) is 18.2. The number of hydrogen-bond donors (Lipinski definition) is 0. The molecule has 0 aliphatic rings. The predicted octanol–water partition coefficient (Wildman–Crippen LogP) is 5.91. The van der Waals surface area contributed by atoms with Crippen LogP contribution in [-0.4, -0.2) is 0 Å². The van der Waals surface area contributed by atoms with E-state index < -0.39 is 0 Å². The zero-order chi connectivity index (χ0) is 12.2. The Bertz CT molecular complexity index is 74.5. The molecule has 0 saturated carbocycles. The van der Waals surface area contributed by atoms with Crippen LogP contribution in [0.1, 0.15) is 81.6 Å². The van der Waals surface area contributed by atoms with Crippen molar-refractivity contribution in [3.8, 4) is 0 Å². The van der Waals surface area contributed by atoms with Crippen molar-refractivity contribution in [2.24, 2.45) is 11.3 Å². The van der Waals surface area contributed by atoms with Gasteiger partial charge in [0.15, 0.2) is 0 Å². The molecule has 0 fully saturated rings. The summed E-state index contributed by atoms with van der Waals surface area (Å²) in [6.07, 6.45) is 4.14. The molecule has 0 saturated heterocycles. The van der Waals surface area contributed by atoms with Crippen molar-refractivity contribution in [1.29, 1.82) is 0 Å². The Labute approximate surface area is 93.5 Å². The quantitative estimate of drug-likeness (QED) is 0.533. The minimum atomic E-state index is 0.537. The molecular weight excluding hydrogens is 168 g/mol. The lowest BCUT2D eigenvalue weighted by molar-refractivity contribution is 0.347. The Balaban J connectivity index is -0.000000266. The second-order valence-corrected chi connectivity index (χ2v) is 4.85. The van der Waals surface area contributed by atoms with Gasteiger partial charge in [-0.3, -0.25) is 0 Å². The minimum absolute atomic E-state index is 0.537. The standard InChI is InChI=1S/C10H22.2C2H6/c1-9(2)7-6-8-10(3,4)5;2*1-2/h9H,6-8H2,1-5H3;2*1-2H3. The summed E-state index contributed by atoms with van der Waals surface area (Å²) < 4.78 is 0. The van der Waals surface area contributed by atoms with Crippen LogP contribution in [0, 0.1) is 11.3 Å². The van der Waals surface area contributed by atoms with E-state index in [0.717, 1.165) is 5.92 Å². The molecule has 0 aromatic heterocycles. The van der Waals surface area contributed by atoms with E-state index in [1.54, 1.807) is 0 Å². The lowest BCUT2D eigenvalue weighted by Gasteiger charge is -2.18. The molecule has 0 amide bonds. The van der Waals surface area contributed by atoms with Gasteiger partial charge in [-0.1, -0.05) is 75.2 Å². The molecule has 0 rings (SSSR count). The van der Waals surface area contributed by atoms with Crippen molar-refractivity contribution in [3.05, 3.63) is 0 Å². The summed E-state index contributed by atoms with van der Waals surface area (Å²) in [5.74, 6) is 0.877. The van der Waals surface area contributed by atoms with Crippen LogP contribution in [0.15, 0.2) is 0 Å². The summed E-state index contributed by atoms with van der Waals surface area (Å²) in [5, 5.41) is 0. The zero-order valence-corrected chi connectivity index (χ0v) is 12.2. The summed E-state index contributed by atoms with van der Waals surface area (Å²) in [6, 6.07) is 0. The van der Waals surface area contributed by atoms with E-state index in [-0.39, 0.29) is 0 Å². The highest BCUT2D eigenvalue weighted by atomic mass is 14.1. The van der Waals surface area contributed by atoms with E-state index in [2.05, 4.69) is 34.6 Å². The molecule has 0 N–H and O–H groups in total. The van der Waals surface area contributed by atoms with E-state index in [0.29, 0.717) is 5.41 Å². The van der Waals surface area contributed by atoms with E-state index in [1.165, 1.54) is 19.3 Å². The maximum absolute atomic E-state index is 2.31. The summed E-state index contributed by atoms with van der Waals surface area (Å²) in [6.45, 7) is 19.5. The molecular formula is C14H34. The second-order valence-electron chi connectivity index (χ2n) is 4.85. The Morgan fingerprint density at radius 3 is 1.43 bits per heavy atom. The first-order valence-electron chi connectivity index (χ1n) is 6.42. The molecule has 0 aromatic rings. The summed E-state index contributed by atoms with van der Waals surface area (Å²) >= 11 is 0. The van der Waals surface area contributed by atoms with Gasteiger partial charge in [-0.15, -0.1) is 0 Å². The summed E-state index contributed by atoms with van der Waals surface area (Å²) in [4.78, 5) is 0. The molecule has 0 nitrogen and oxygen atoms in total. The normalized spacial score (nSPS) is 9.86. The Hall–Kier alpha value is 0. The molecule has 0 aliphatic heterocycles. The third-order valence-electron chi connectivity index (χ3n) is 1.71. The summed E-state index contributed by atoms with van der Waals surface area (Å²) in [5.41, 5.74) is 0.537. The van der Waals surface area contributed by atoms with Crippen LogP contribution in [0.2, 0.25) is 0 Å². The molecule has 0 atom stereocenters. The SMILES string of the molecule is CC.CC.CC(C)CCCC(C)(C)C. The third kappa shape index (κ3) is 29.6. The maximum Gasteiger partial charge on any atom is -0.0383 e. The lowest BCUT2D eigenvalue weighted by Crippen LogP contribution is -2.04. The van der Waals surface area contributed by atoms with E-state index in [9.17, 15) is 0 Å². The molecule has 0 unspecified atom stereocenters. The minimum Gasteiger partial charge on any atom is -0.0683 e. The molecule has 0 aromatic carbocycles. The first kappa shape index (κ1) is 19.6. The van der Waals surface area contributed by atoms with Gasteiger partial charge >= 0.3 is 0 Å². The van der Waals surface area contributed by atoms with Gasteiger partial charge in [0.05, 0.1) is 0 Å². The van der Waals surface area contributed by atoms with E-state index in [1.807, 2.05) is 27.7 Å². The Morgan fingerprint density at radius 1 is 0.857 bits per heavy atom. The van der Waals surface area contributed by atoms with Crippen molar-refractivity contribution in [3.63, 3.8) is 0 Å². The molecule has 0 heteroatoms. The van der Waals surface area contributed by atoms with Gasteiger partial charge in [-0.05, 0) is 17.8 Å². The van der Waals surface area contributed by atoms with Crippen molar-refractivity contribution >= 4 is 0 Å². The molecule has 0 spiro atoms. The van der Waals surface area contributed by atoms with Gasteiger partial charge in [-0.2, -0.15) is 0 Å². The lowest BCUT2D eigenvalue weighted by atomic mass is 9.88. The van der Waals surface area contributed by atoms with Crippen LogP contribution in [0.25, 0.3) is 0 Å². The van der Waals surface area contributed by atoms with Crippen LogP contribution < -0.4 is 0 Å². The molecule has 0 radical (unpaired) electrons. The number of rotatable bonds is 3. The average molecular weight is 202 g/mol. The largest absolute Gasteiger partial charge is 0.0683 e. The van der Waals surface area contributed by atoms with Crippen LogP contribution >= 0.6 is 0 Å². The van der Waals surface area contributed by atoms with Gasteiger partial charge in [0, 0.05) is 0 Å². The Morgan fingerprint density at radius 2 is 1.21 bits per heavy atom. The van der Waals surface area contributed by atoms with Gasteiger partial charge in [-0.25, -0.2) is 0 Å². The fourth-order valence-electron chi connectivity index (χ4n) is 1.04. The smallest absolute Gasteiger partial charge is 0.0383 e. The molecule has 0 aliphatic carbocycles. The topological polar surface area (TPSA) is 0 Å². The molecule has 90 valence electrons. The first-order chi connectivity index (χ1) is 6.42. The maximum atomic E-state index is 2.31. The summed E-state index contributed by atoms with van der Waals surface area (Å²) in [7, 11) is 0. The van der Waals surface area contributed by atoms with Gasteiger partial charge in [0.25, 0.3) is 0 Å². The van der Waals surface area contributed by atoms with Crippen molar-refractivity contribution in [1.82, 2.24) is 0 Å². The van der Waals surface area contributed by atoms with E-state index in [4.69, 9.17) is 0 Å². The predicted molar refractivity (Wildman–Crippen MR) is 70.8 cm³/mol. The fraction of sp³-hybridized carbons (Fsp3) is 1.00. The van der Waals surface area contributed by atoms with Gasteiger partial charge in [0.1, 0.15) is 0 Å². The molecule has 14 heavy (non-hydrogen) atoms. The van der Waals surface area contributed by atoms with Crippen molar-refractivity contribution in [2.45, 2.75) is 81.6 Å². The van der Waals surface area contributed by atoms with Crippen LogP contribution in [0.4, 0.5) is 0 Å². The molecule has 0 bridgehead atoms. The van der Waals surface area contributed by atoms with Crippen LogP contribution in [-0.2, 0) is 0 Å². The fourth-order valence-corrected chi connectivity index (χ4v) is 1.04. The highest BCUT2D eigenvalue weighted by Gasteiger charge is 2.09. The van der Waals surface area contributed by atoms with Crippen LogP contribution in [0.3, 0.4) is 0 Å². The molecule has 0 heterocycles. The second kappa shape index (κ2) is 13.0. The zero-order valence-electron chi connectivity index (χ0n) is 12.2. The highest BCUT2D eigenvalue weighted by molar-refractivity contribution is 4.61. The number of hydrogen-bond acceptors (Lipinski definition) is 0. The van der Waals surface area contributed by atoms with Crippen molar-refractivity contribution in [2.75, 3.05) is 0 Å². The highest BCUT2D eigenvalue weighted by Crippen LogP contribution is 2.22. The first-order valence-corrected chi connectivity index (χ1v) is 6.42. The van der Waals surface area contributed by atoms with E-state index >= 15 is 0 Å². The van der Waals surface area contributed by atoms with Gasteiger partial charge < -0.3 is 0 Å². The monoisotopic (exact) mass is 202 g/mol. The average Bonchev–Trinajstić information content (AvgIpc) is 2.08. The third-order valence-corrected chi connectivity index (χ3v) is 1.71.